The third-order valence-electron chi connectivity index (χ3n) is 4.90. The predicted octanol–water partition coefficient (Wildman–Crippen LogP) is 7.31. The number of benzene rings is 1. The molecule has 0 fully saturated rings. The molecular formula is C26H33ClN4O3S. The molecule has 1 amide bonds. The Kier molecular flexibility index (Phi) is 8.61. The lowest BCUT2D eigenvalue weighted by molar-refractivity contribution is 0.0408. The number of aromatic nitrogens is 2. The van der Waals surface area contributed by atoms with Gasteiger partial charge in [-0.05, 0) is 75.4 Å². The van der Waals surface area contributed by atoms with Crippen molar-refractivity contribution >= 4 is 40.0 Å². The highest BCUT2D eigenvalue weighted by molar-refractivity contribution is 7.13. The molecule has 1 atom stereocenters. The number of halogens is 1. The quantitative estimate of drug-likeness (QED) is 0.310. The smallest absolute Gasteiger partial charge is 0.408 e. The molecule has 0 spiro atoms. The van der Waals surface area contributed by atoms with Crippen molar-refractivity contribution in [3.63, 3.8) is 0 Å². The van der Waals surface area contributed by atoms with Gasteiger partial charge in [0.1, 0.15) is 23.8 Å². The molecule has 0 bridgehead atoms. The second-order valence-corrected chi connectivity index (χ2v) is 11.4. The van der Waals surface area contributed by atoms with E-state index in [1.54, 1.807) is 12.4 Å². The lowest BCUT2D eigenvalue weighted by Gasteiger charge is -2.33. The third-order valence-corrected chi connectivity index (χ3v) is 5.88. The first-order chi connectivity index (χ1) is 16.4. The van der Waals surface area contributed by atoms with Crippen LogP contribution in [0.15, 0.2) is 48.1 Å². The molecule has 9 heteroatoms. The Balaban J connectivity index is 1.71. The van der Waals surface area contributed by atoms with E-state index in [-0.39, 0.29) is 6.61 Å². The van der Waals surface area contributed by atoms with Gasteiger partial charge in [-0.25, -0.2) is 14.8 Å². The summed E-state index contributed by atoms with van der Waals surface area (Å²) >= 11 is 8.09. The summed E-state index contributed by atoms with van der Waals surface area (Å²) in [5, 5.41) is 9.35. The maximum absolute atomic E-state index is 12.4. The van der Waals surface area contributed by atoms with E-state index in [1.165, 1.54) is 11.3 Å². The lowest BCUT2D eigenvalue weighted by atomic mass is 9.91. The van der Waals surface area contributed by atoms with Crippen LogP contribution in [0.5, 0.6) is 5.75 Å². The summed E-state index contributed by atoms with van der Waals surface area (Å²) in [7, 11) is 0. The first-order valence-corrected chi connectivity index (χ1v) is 12.7. The molecule has 0 saturated carbocycles. The van der Waals surface area contributed by atoms with Gasteiger partial charge in [0, 0.05) is 17.8 Å². The van der Waals surface area contributed by atoms with Crippen molar-refractivity contribution in [1.82, 2.24) is 15.3 Å². The maximum atomic E-state index is 12.4. The molecule has 0 radical (unpaired) electrons. The van der Waals surface area contributed by atoms with Crippen molar-refractivity contribution in [3.05, 3.63) is 53.1 Å². The van der Waals surface area contributed by atoms with Crippen molar-refractivity contribution < 1.29 is 14.3 Å². The number of hydrogen-bond acceptors (Lipinski definition) is 7. The second kappa shape index (κ2) is 11.3. The number of pyridine rings is 1. The Morgan fingerprint density at radius 1 is 1.09 bits per heavy atom. The lowest BCUT2D eigenvalue weighted by Crippen LogP contribution is -2.52. The Bertz CT molecular complexity index is 1130. The number of nitrogens with one attached hydrogen (secondary N) is 2. The number of ether oxygens (including phenoxy) is 2. The molecule has 2 N–H and O–H groups in total. The van der Waals surface area contributed by atoms with E-state index in [4.69, 9.17) is 21.1 Å². The first-order valence-electron chi connectivity index (χ1n) is 11.5. The SMILES string of the molecule is CC(C)CC(C)(COc1ccc(-c2ccnc(Nc3nccs3)c2)cc1Cl)NC(=O)OC(C)(C)C. The van der Waals surface area contributed by atoms with Gasteiger partial charge in [0.15, 0.2) is 5.13 Å². The fraction of sp³-hybridized carbons (Fsp3) is 0.423. The molecule has 0 aliphatic carbocycles. The Morgan fingerprint density at radius 2 is 1.83 bits per heavy atom. The van der Waals surface area contributed by atoms with Gasteiger partial charge >= 0.3 is 6.09 Å². The van der Waals surface area contributed by atoms with E-state index in [0.29, 0.717) is 28.9 Å². The van der Waals surface area contributed by atoms with Crippen molar-refractivity contribution in [1.29, 1.82) is 0 Å². The van der Waals surface area contributed by atoms with E-state index < -0.39 is 17.2 Å². The van der Waals surface area contributed by atoms with Gasteiger partial charge in [0.05, 0.1) is 10.6 Å². The highest BCUT2D eigenvalue weighted by atomic mass is 35.5. The zero-order valence-corrected chi connectivity index (χ0v) is 22.6. The molecule has 188 valence electrons. The third kappa shape index (κ3) is 8.40. The zero-order valence-electron chi connectivity index (χ0n) is 21.0. The van der Waals surface area contributed by atoms with Crippen LogP contribution in [0.2, 0.25) is 5.02 Å². The number of carbonyl (C=O) groups excluding carboxylic acids is 1. The van der Waals surface area contributed by atoms with Crippen LogP contribution in [-0.2, 0) is 4.74 Å². The molecule has 3 aromatic rings. The predicted molar refractivity (Wildman–Crippen MR) is 143 cm³/mol. The molecule has 35 heavy (non-hydrogen) atoms. The average Bonchev–Trinajstić information content (AvgIpc) is 3.24. The normalized spacial score (nSPS) is 13.3. The van der Waals surface area contributed by atoms with Crippen LogP contribution in [-0.4, -0.2) is 33.8 Å². The van der Waals surface area contributed by atoms with Crippen molar-refractivity contribution in [2.75, 3.05) is 11.9 Å². The largest absolute Gasteiger partial charge is 0.490 e. The molecule has 2 heterocycles. The van der Waals surface area contributed by atoms with Crippen LogP contribution in [0.25, 0.3) is 11.1 Å². The van der Waals surface area contributed by atoms with E-state index in [0.717, 1.165) is 16.3 Å². The number of hydrogen-bond donors (Lipinski definition) is 2. The molecule has 2 aromatic heterocycles. The number of alkyl carbamates (subject to hydrolysis) is 1. The van der Waals surface area contributed by atoms with Gasteiger partial charge < -0.3 is 20.1 Å². The van der Waals surface area contributed by atoms with Gasteiger partial charge in [-0.2, -0.15) is 0 Å². The fourth-order valence-electron chi connectivity index (χ4n) is 3.70. The van der Waals surface area contributed by atoms with Crippen molar-refractivity contribution in [3.8, 4) is 16.9 Å². The number of anilines is 2. The van der Waals surface area contributed by atoms with Crippen LogP contribution >= 0.6 is 22.9 Å². The zero-order chi connectivity index (χ0) is 25.6. The van der Waals surface area contributed by atoms with Crippen molar-refractivity contribution in [2.45, 2.75) is 59.1 Å². The summed E-state index contributed by atoms with van der Waals surface area (Å²) in [6.07, 6.45) is 3.73. The number of rotatable bonds is 9. The number of nitrogens with zero attached hydrogens (tertiary/aromatic N) is 2. The highest BCUT2D eigenvalue weighted by Crippen LogP contribution is 2.32. The maximum Gasteiger partial charge on any atom is 0.408 e. The standard InChI is InChI=1S/C26H33ClN4O3S/c1-17(2)15-26(6,31-24(32)34-25(3,4)5)16-33-21-8-7-18(13-20(21)27)19-9-10-28-22(14-19)30-23-29-11-12-35-23/h7-14,17H,15-16H2,1-6H3,(H,31,32)(H,28,29,30). The van der Waals surface area contributed by atoms with E-state index in [9.17, 15) is 4.79 Å². The molecular weight excluding hydrogens is 484 g/mol. The average molecular weight is 517 g/mol. The second-order valence-electron chi connectivity index (χ2n) is 10.1. The highest BCUT2D eigenvalue weighted by Gasteiger charge is 2.31. The molecule has 1 aromatic carbocycles. The minimum Gasteiger partial charge on any atom is -0.490 e. The van der Waals surface area contributed by atoms with Gasteiger partial charge in [-0.3, -0.25) is 0 Å². The summed E-state index contributed by atoms with van der Waals surface area (Å²) in [5.41, 5.74) is 0.693. The molecule has 7 nitrogen and oxygen atoms in total. The Morgan fingerprint density at radius 3 is 2.46 bits per heavy atom. The molecule has 0 aliphatic rings. The molecule has 1 unspecified atom stereocenters. The molecule has 0 saturated heterocycles. The van der Waals surface area contributed by atoms with Gasteiger partial charge in [0.2, 0.25) is 0 Å². The summed E-state index contributed by atoms with van der Waals surface area (Å²) in [4.78, 5) is 21.0. The van der Waals surface area contributed by atoms with Gasteiger partial charge in [-0.15, -0.1) is 11.3 Å². The van der Waals surface area contributed by atoms with Crippen LogP contribution in [0, 0.1) is 5.92 Å². The van der Waals surface area contributed by atoms with Crippen LogP contribution < -0.4 is 15.4 Å². The van der Waals surface area contributed by atoms with E-state index in [1.807, 2.05) is 63.4 Å². The number of carbonyl (C=O) groups is 1. The molecule has 3 rings (SSSR count). The number of thiazole rings is 1. The summed E-state index contributed by atoms with van der Waals surface area (Å²) < 4.78 is 11.5. The summed E-state index contributed by atoms with van der Waals surface area (Å²) in [6.45, 7) is 11.9. The van der Waals surface area contributed by atoms with Crippen LogP contribution in [0.1, 0.15) is 48.0 Å². The minimum atomic E-state index is -0.625. The topological polar surface area (TPSA) is 85.4 Å². The Hall–Kier alpha value is -2.84. The van der Waals surface area contributed by atoms with E-state index in [2.05, 4.69) is 34.4 Å². The van der Waals surface area contributed by atoms with Gasteiger partial charge in [-0.1, -0.05) is 31.5 Å². The Labute approximate surface area is 216 Å². The summed E-state index contributed by atoms with van der Waals surface area (Å²) in [5.74, 6) is 1.59. The first kappa shape index (κ1) is 26.8. The number of amides is 1. The minimum absolute atomic E-state index is 0.251. The summed E-state index contributed by atoms with van der Waals surface area (Å²) in [6, 6.07) is 9.52. The molecule has 0 aliphatic heterocycles. The fourth-order valence-corrected chi connectivity index (χ4v) is 4.48. The van der Waals surface area contributed by atoms with Gasteiger partial charge in [0.25, 0.3) is 0 Å². The monoisotopic (exact) mass is 516 g/mol. The van der Waals surface area contributed by atoms with E-state index >= 15 is 0 Å². The van der Waals surface area contributed by atoms with Crippen molar-refractivity contribution in [2.24, 2.45) is 5.92 Å². The van der Waals surface area contributed by atoms with Crippen LogP contribution in [0.3, 0.4) is 0 Å². The van der Waals surface area contributed by atoms with Crippen LogP contribution in [0.4, 0.5) is 15.7 Å².